The third-order valence-corrected chi connectivity index (χ3v) is 3.94. The summed E-state index contributed by atoms with van der Waals surface area (Å²) in [6.45, 7) is 5.70. The van der Waals surface area contributed by atoms with Crippen molar-refractivity contribution in [3.63, 3.8) is 0 Å². The second-order valence-corrected chi connectivity index (χ2v) is 4.91. The number of carboxylic acids is 1. The standard InChI is InChI=1S/C15H19F2NO3/c1-4-15(5-2,6-3)18-13(19)9-7-11(16)12(17)8-10(9)14(20)21/h7-8H,4-6H2,1-3H3,(H,18,19)(H,20,21). The summed E-state index contributed by atoms with van der Waals surface area (Å²) in [5, 5.41) is 11.8. The normalized spacial score (nSPS) is 11.3. The van der Waals surface area contributed by atoms with E-state index in [0.29, 0.717) is 31.4 Å². The molecule has 1 rings (SSSR count). The number of benzene rings is 1. The first kappa shape index (κ1) is 17.1. The number of hydrogen-bond acceptors (Lipinski definition) is 2. The van der Waals surface area contributed by atoms with Gasteiger partial charge in [-0.05, 0) is 31.4 Å². The number of rotatable bonds is 6. The van der Waals surface area contributed by atoms with Crippen LogP contribution in [-0.2, 0) is 0 Å². The highest BCUT2D eigenvalue weighted by atomic mass is 19.2. The largest absolute Gasteiger partial charge is 0.478 e. The smallest absolute Gasteiger partial charge is 0.336 e. The molecule has 0 atom stereocenters. The van der Waals surface area contributed by atoms with Gasteiger partial charge in [0.05, 0.1) is 11.1 Å². The Bertz CT molecular complexity index is 546. The van der Waals surface area contributed by atoms with Crippen LogP contribution in [0.2, 0.25) is 0 Å². The van der Waals surface area contributed by atoms with Crippen LogP contribution in [0.25, 0.3) is 0 Å². The van der Waals surface area contributed by atoms with E-state index in [1.165, 1.54) is 0 Å². The van der Waals surface area contributed by atoms with E-state index in [1.54, 1.807) is 0 Å². The second kappa shape index (κ2) is 6.65. The van der Waals surface area contributed by atoms with Gasteiger partial charge in [-0.25, -0.2) is 13.6 Å². The number of carbonyl (C=O) groups is 2. The monoisotopic (exact) mass is 299 g/mol. The van der Waals surface area contributed by atoms with E-state index in [4.69, 9.17) is 5.11 Å². The Morgan fingerprint density at radius 3 is 1.86 bits per heavy atom. The van der Waals surface area contributed by atoms with Gasteiger partial charge in [-0.15, -0.1) is 0 Å². The Labute approximate surface area is 122 Å². The van der Waals surface area contributed by atoms with Crippen LogP contribution in [0.5, 0.6) is 0 Å². The number of halogens is 2. The van der Waals surface area contributed by atoms with Gasteiger partial charge in [-0.2, -0.15) is 0 Å². The van der Waals surface area contributed by atoms with E-state index < -0.39 is 34.6 Å². The van der Waals surface area contributed by atoms with Crippen molar-refractivity contribution in [1.82, 2.24) is 5.32 Å². The molecule has 1 amide bonds. The number of nitrogens with one attached hydrogen (secondary N) is 1. The number of hydrogen-bond donors (Lipinski definition) is 2. The van der Waals surface area contributed by atoms with Crippen LogP contribution in [0.1, 0.15) is 60.7 Å². The fraction of sp³-hybridized carbons (Fsp3) is 0.467. The lowest BCUT2D eigenvalue weighted by atomic mass is 9.89. The summed E-state index contributed by atoms with van der Waals surface area (Å²) in [6.07, 6.45) is 1.95. The van der Waals surface area contributed by atoms with Gasteiger partial charge in [-0.1, -0.05) is 20.8 Å². The molecule has 0 saturated carbocycles. The lowest BCUT2D eigenvalue weighted by Gasteiger charge is -2.32. The van der Waals surface area contributed by atoms with Gasteiger partial charge >= 0.3 is 5.97 Å². The molecule has 1 aromatic rings. The van der Waals surface area contributed by atoms with Crippen molar-refractivity contribution in [2.45, 2.75) is 45.6 Å². The van der Waals surface area contributed by atoms with Gasteiger partial charge in [-0.3, -0.25) is 4.79 Å². The van der Waals surface area contributed by atoms with Crippen LogP contribution in [0.15, 0.2) is 12.1 Å². The molecule has 1 aromatic carbocycles. The van der Waals surface area contributed by atoms with Crippen molar-refractivity contribution in [2.75, 3.05) is 0 Å². The van der Waals surface area contributed by atoms with Crippen LogP contribution in [0.4, 0.5) is 8.78 Å². The third-order valence-electron chi connectivity index (χ3n) is 3.94. The number of carbonyl (C=O) groups excluding carboxylic acids is 1. The van der Waals surface area contributed by atoms with Gasteiger partial charge in [0.2, 0.25) is 0 Å². The summed E-state index contributed by atoms with van der Waals surface area (Å²) < 4.78 is 26.5. The quantitative estimate of drug-likeness (QED) is 0.846. The third kappa shape index (κ3) is 3.56. The van der Waals surface area contributed by atoms with Crippen LogP contribution >= 0.6 is 0 Å². The fourth-order valence-corrected chi connectivity index (χ4v) is 2.23. The zero-order chi connectivity index (χ0) is 16.2. The molecule has 116 valence electrons. The Kier molecular flexibility index (Phi) is 5.41. The highest BCUT2D eigenvalue weighted by Crippen LogP contribution is 2.22. The molecule has 0 radical (unpaired) electrons. The van der Waals surface area contributed by atoms with Crippen molar-refractivity contribution >= 4 is 11.9 Å². The average molecular weight is 299 g/mol. The van der Waals surface area contributed by atoms with Crippen molar-refractivity contribution in [3.8, 4) is 0 Å². The van der Waals surface area contributed by atoms with Crippen molar-refractivity contribution in [3.05, 3.63) is 34.9 Å². The van der Waals surface area contributed by atoms with Gasteiger partial charge in [0, 0.05) is 5.54 Å². The predicted molar refractivity (Wildman–Crippen MR) is 74.4 cm³/mol. The molecule has 0 heterocycles. The van der Waals surface area contributed by atoms with Gasteiger partial charge < -0.3 is 10.4 Å². The lowest BCUT2D eigenvalue weighted by Crippen LogP contribution is -2.47. The van der Waals surface area contributed by atoms with Crippen LogP contribution in [0.3, 0.4) is 0 Å². The first-order chi connectivity index (χ1) is 9.80. The molecule has 0 aromatic heterocycles. The molecule has 2 N–H and O–H groups in total. The number of carboxylic acid groups (broad SMARTS) is 1. The van der Waals surface area contributed by atoms with E-state index in [-0.39, 0.29) is 5.56 Å². The van der Waals surface area contributed by atoms with Crippen LogP contribution in [-0.4, -0.2) is 22.5 Å². The highest BCUT2D eigenvalue weighted by Gasteiger charge is 2.29. The minimum absolute atomic E-state index is 0.374. The summed E-state index contributed by atoms with van der Waals surface area (Å²) in [5.41, 5.74) is -1.41. The molecule has 0 spiro atoms. The Morgan fingerprint density at radius 2 is 1.48 bits per heavy atom. The molecule has 0 aliphatic rings. The maximum atomic E-state index is 13.3. The molecule has 0 unspecified atom stereocenters. The highest BCUT2D eigenvalue weighted by molar-refractivity contribution is 6.05. The minimum Gasteiger partial charge on any atom is -0.478 e. The molecule has 21 heavy (non-hydrogen) atoms. The van der Waals surface area contributed by atoms with E-state index in [9.17, 15) is 18.4 Å². The van der Waals surface area contributed by atoms with Gasteiger partial charge in [0.25, 0.3) is 5.91 Å². The first-order valence-electron chi connectivity index (χ1n) is 6.85. The Morgan fingerprint density at radius 1 is 1.05 bits per heavy atom. The van der Waals surface area contributed by atoms with E-state index in [2.05, 4.69) is 5.32 Å². The summed E-state index contributed by atoms with van der Waals surface area (Å²) in [4.78, 5) is 23.4. The molecule has 0 bridgehead atoms. The van der Waals surface area contributed by atoms with E-state index in [1.807, 2.05) is 20.8 Å². The van der Waals surface area contributed by atoms with Gasteiger partial charge in [0.15, 0.2) is 11.6 Å². The van der Waals surface area contributed by atoms with Crippen molar-refractivity contribution < 1.29 is 23.5 Å². The average Bonchev–Trinajstić information content (AvgIpc) is 2.46. The summed E-state index contributed by atoms with van der Waals surface area (Å²) in [7, 11) is 0. The molecule has 0 fully saturated rings. The summed E-state index contributed by atoms with van der Waals surface area (Å²) >= 11 is 0. The Balaban J connectivity index is 3.24. The molecule has 0 aliphatic carbocycles. The zero-order valence-electron chi connectivity index (χ0n) is 12.3. The fourth-order valence-electron chi connectivity index (χ4n) is 2.23. The number of aromatic carboxylic acids is 1. The van der Waals surface area contributed by atoms with Crippen LogP contribution in [0, 0.1) is 11.6 Å². The topological polar surface area (TPSA) is 66.4 Å². The molecule has 0 aliphatic heterocycles. The SMILES string of the molecule is CCC(CC)(CC)NC(=O)c1cc(F)c(F)cc1C(=O)O. The minimum atomic E-state index is -1.48. The summed E-state index contributed by atoms with van der Waals surface area (Å²) in [6, 6.07) is 1.15. The zero-order valence-corrected chi connectivity index (χ0v) is 12.3. The lowest BCUT2D eigenvalue weighted by molar-refractivity contribution is 0.0688. The van der Waals surface area contributed by atoms with E-state index in [0.717, 1.165) is 0 Å². The number of amides is 1. The molecule has 0 saturated heterocycles. The summed E-state index contributed by atoms with van der Waals surface area (Å²) in [5.74, 6) is -4.73. The molecule has 4 nitrogen and oxygen atoms in total. The van der Waals surface area contributed by atoms with Crippen LogP contribution < -0.4 is 5.32 Å². The molecular weight excluding hydrogens is 280 g/mol. The molecular formula is C15H19F2NO3. The maximum absolute atomic E-state index is 13.3. The second-order valence-electron chi connectivity index (χ2n) is 4.91. The van der Waals surface area contributed by atoms with Crippen molar-refractivity contribution in [2.24, 2.45) is 0 Å². The Hall–Kier alpha value is -1.98. The predicted octanol–water partition coefficient (Wildman–Crippen LogP) is 3.36. The van der Waals surface area contributed by atoms with E-state index >= 15 is 0 Å². The maximum Gasteiger partial charge on any atom is 0.336 e. The van der Waals surface area contributed by atoms with Gasteiger partial charge in [0.1, 0.15) is 0 Å². The molecule has 6 heteroatoms. The first-order valence-corrected chi connectivity index (χ1v) is 6.85. The van der Waals surface area contributed by atoms with Crippen molar-refractivity contribution in [1.29, 1.82) is 0 Å².